The van der Waals surface area contributed by atoms with E-state index >= 15 is 0 Å². The maximum atomic E-state index is 14.4. The minimum absolute atomic E-state index is 0.0307. The minimum atomic E-state index is -1.53. The average molecular weight is 922 g/mol. The van der Waals surface area contributed by atoms with Gasteiger partial charge in [-0.25, -0.2) is 4.79 Å². The van der Waals surface area contributed by atoms with Gasteiger partial charge in [-0.1, -0.05) is 88.3 Å². The number of carbonyl (C=O) groups excluding carboxylic acids is 5. The van der Waals surface area contributed by atoms with Gasteiger partial charge in [0.05, 0.1) is 0 Å². The van der Waals surface area contributed by atoms with E-state index in [-0.39, 0.29) is 66.8 Å². The summed E-state index contributed by atoms with van der Waals surface area (Å²) in [6.45, 7) is 3.46. The molecule has 0 unspecified atom stereocenters. The SMILES string of the molecule is CCCCCCCCCCc1ccc2cc(C(=O)NCCC(=O)N[C@@H](CCCC(=O)O)C(=O)N(C)[C@@H]3C(=O)N[C@@H](C)C(=O)N[C@H](C(=O)O)Cc4ccc(O)c(c4)-c4cc3ccc4O)ccc2c1. The van der Waals surface area contributed by atoms with Crippen molar-refractivity contribution in [3.05, 3.63) is 95.1 Å². The monoisotopic (exact) mass is 921 g/mol. The molecule has 1 aliphatic rings. The second-order valence-electron chi connectivity index (χ2n) is 17.3. The largest absolute Gasteiger partial charge is 0.507 e. The van der Waals surface area contributed by atoms with E-state index in [2.05, 4.69) is 40.3 Å². The summed E-state index contributed by atoms with van der Waals surface area (Å²) in [4.78, 5) is 93.1. The molecule has 358 valence electrons. The summed E-state index contributed by atoms with van der Waals surface area (Å²) in [6, 6.07) is 14.3. The number of carbonyl (C=O) groups is 7. The van der Waals surface area contributed by atoms with Crippen molar-refractivity contribution in [1.29, 1.82) is 0 Å². The van der Waals surface area contributed by atoms with Gasteiger partial charge in [-0.3, -0.25) is 28.8 Å². The molecule has 4 aromatic carbocycles. The first-order valence-corrected chi connectivity index (χ1v) is 23.1. The smallest absolute Gasteiger partial charge is 0.326 e. The van der Waals surface area contributed by atoms with Crippen LogP contribution in [0.1, 0.15) is 124 Å². The molecule has 0 aliphatic carbocycles. The van der Waals surface area contributed by atoms with Gasteiger partial charge in [-0.2, -0.15) is 0 Å². The van der Waals surface area contributed by atoms with Gasteiger partial charge in [0.1, 0.15) is 35.7 Å². The second kappa shape index (κ2) is 24.5. The number of nitrogens with zero attached hydrogens (tertiary/aromatic N) is 1. The molecule has 0 fully saturated rings. The number of hydrogen-bond donors (Lipinski definition) is 8. The van der Waals surface area contributed by atoms with Crippen LogP contribution in [0.15, 0.2) is 72.8 Å². The van der Waals surface area contributed by atoms with Crippen LogP contribution in [0, 0.1) is 0 Å². The zero-order valence-corrected chi connectivity index (χ0v) is 38.4. The molecule has 0 aromatic heterocycles. The van der Waals surface area contributed by atoms with Gasteiger partial charge in [0.15, 0.2) is 0 Å². The Morgan fingerprint density at radius 1 is 0.746 bits per heavy atom. The third-order valence-corrected chi connectivity index (χ3v) is 12.1. The molecule has 0 saturated carbocycles. The zero-order chi connectivity index (χ0) is 48.6. The van der Waals surface area contributed by atoms with Crippen molar-refractivity contribution in [3.63, 3.8) is 0 Å². The number of carboxylic acid groups (broad SMARTS) is 2. The van der Waals surface area contributed by atoms with Crippen molar-refractivity contribution in [2.45, 2.75) is 128 Å². The molecule has 5 rings (SSSR count). The lowest BCUT2D eigenvalue weighted by atomic mass is 9.93. The van der Waals surface area contributed by atoms with E-state index in [1.807, 2.05) is 12.1 Å². The van der Waals surface area contributed by atoms with E-state index in [1.165, 1.54) is 101 Å². The van der Waals surface area contributed by atoms with E-state index in [0.29, 0.717) is 11.1 Å². The van der Waals surface area contributed by atoms with Crippen LogP contribution in [0.4, 0.5) is 0 Å². The highest BCUT2D eigenvalue weighted by Crippen LogP contribution is 2.39. The number of fused-ring (bicyclic) bond motifs is 6. The lowest BCUT2D eigenvalue weighted by Gasteiger charge is -2.32. The van der Waals surface area contributed by atoms with Gasteiger partial charge in [0.25, 0.3) is 5.91 Å². The van der Waals surface area contributed by atoms with Crippen LogP contribution in [0.2, 0.25) is 0 Å². The van der Waals surface area contributed by atoms with Crippen LogP contribution < -0.4 is 21.3 Å². The van der Waals surface area contributed by atoms with Crippen LogP contribution >= 0.6 is 0 Å². The van der Waals surface area contributed by atoms with Crippen molar-refractivity contribution in [1.82, 2.24) is 26.2 Å². The number of nitrogens with one attached hydrogen (secondary N) is 4. The number of carboxylic acids is 2. The highest BCUT2D eigenvalue weighted by Gasteiger charge is 2.36. The van der Waals surface area contributed by atoms with Crippen LogP contribution in [0.5, 0.6) is 11.5 Å². The summed E-state index contributed by atoms with van der Waals surface area (Å²) in [7, 11) is 1.28. The topological polar surface area (TPSA) is 252 Å². The molecular formula is C51H63N5O11. The first kappa shape index (κ1) is 51.0. The molecule has 4 aromatic rings. The molecule has 16 heteroatoms. The molecule has 4 atom stereocenters. The third-order valence-electron chi connectivity index (χ3n) is 12.1. The van der Waals surface area contributed by atoms with E-state index in [9.17, 15) is 54.0 Å². The van der Waals surface area contributed by atoms with Crippen LogP contribution in [0.25, 0.3) is 21.9 Å². The van der Waals surface area contributed by atoms with Crippen molar-refractivity contribution < 1.29 is 54.0 Å². The molecule has 8 N–H and O–H groups in total. The zero-order valence-electron chi connectivity index (χ0n) is 38.4. The Morgan fingerprint density at radius 3 is 2.10 bits per heavy atom. The number of benzene rings is 4. The van der Waals surface area contributed by atoms with Crippen molar-refractivity contribution in [2.24, 2.45) is 0 Å². The number of phenolic OH excluding ortho intramolecular Hbond substituents is 2. The van der Waals surface area contributed by atoms with Gasteiger partial charge in [-0.05, 0) is 96.5 Å². The first-order chi connectivity index (χ1) is 32.1. The number of aliphatic carboxylic acids is 2. The third kappa shape index (κ3) is 14.5. The van der Waals surface area contributed by atoms with Crippen LogP contribution in [0.3, 0.4) is 0 Å². The first-order valence-electron chi connectivity index (χ1n) is 23.1. The number of rotatable bonds is 21. The fourth-order valence-corrected chi connectivity index (χ4v) is 8.31. The molecule has 67 heavy (non-hydrogen) atoms. The lowest BCUT2D eigenvalue weighted by Crippen LogP contribution is -2.54. The van der Waals surface area contributed by atoms with Crippen LogP contribution in [-0.2, 0) is 41.6 Å². The predicted molar refractivity (Wildman–Crippen MR) is 252 cm³/mol. The predicted octanol–water partition coefficient (Wildman–Crippen LogP) is 6.29. The summed E-state index contributed by atoms with van der Waals surface area (Å²) < 4.78 is 0. The van der Waals surface area contributed by atoms with Gasteiger partial charge < -0.3 is 46.6 Å². The summed E-state index contributed by atoms with van der Waals surface area (Å²) in [5.74, 6) is -6.64. The Balaban J connectivity index is 1.28. The molecule has 0 saturated heterocycles. The van der Waals surface area contributed by atoms with Gasteiger partial charge >= 0.3 is 11.9 Å². The molecule has 1 heterocycles. The summed E-state index contributed by atoms with van der Waals surface area (Å²) in [6.07, 6.45) is 10.1. The van der Waals surface area contributed by atoms with Crippen LogP contribution in [-0.4, -0.2) is 98.5 Å². The Hall–Kier alpha value is -6.97. The standard InChI is InChI=1S/C51H63N5O11/c1-4-5-6-7-8-9-10-11-13-32-16-18-35-29-37(20-19-34(35)26-32)48(63)52-25-24-44(59)54-40(14-12-15-45(60)61)50(65)56(3)46-36-21-23-43(58)39(30-36)38-27-33(17-22-42(38)57)28-41(51(66)67)55-47(62)31(2)53-49(46)64/h16-23,26-27,29-31,40-41,46,57-58H,4-15,24-25,28H2,1-3H3,(H,52,63)(H,53,64)(H,54,59)(H,55,62)(H,60,61)(H,66,67)/t31-,40-,41-,46-/m0/s1. The van der Waals surface area contributed by atoms with Gasteiger partial charge in [-0.15, -0.1) is 0 Å². The lowest BCUT2D eigenvalue weighted by molar-refractivity contribution is -0.144. The Labute approximate surface area is 390 Å². The molecule has 0 radical (unpaired) electrons. The fraction of sp³-hybridized carbons (Fsp3) is 0.431. The van der Waals surface area contributed by atoms with E-state index in [1.54, 1.807) is 12.1 Å². The minimum Gasteiger partial charge on any atom is -0.507 e. The number of unbranched alkanes of at least 4 members (excludes halogenated alkanes) is 7. The maximum Gasteiger partial charge on any atom is 0.326 e. The second-order valence-corrected chi connectivity index (χ2v) is 17.3. The summed E-state index contributed by atoms with van der Waals surface area (Å²) in [5, 5.41) is 53.4. The van der Waals surface area contributed by atoms with Gasteiger partial charge in [0, 0.05) is 49.5 Å². The Bertz CT molecular complexity index is 2440. The molecule has 4 bridgehead atoms. The average Bonchev–Trinajstić information content (AvgIpc) is 3.29. The van der Waals surface area contributed by atoms with Gasteiger partial charge in [0.2, 0.25) is 23.6 Å². The number of hydrogen-bond acceptors (Lipinski definition) is 9. The van der Waals surface area contributed by atoms with Crippen molar-refractivity contribution in [2.75, 3.05) is 13.6 Å². The van der Waals surface area contributed by atoms with Crippen molar-refractivity contribution in [3.8, 4) is 22.6 Å². The molecule has 5 amide bonds. The highest BCUT2D eigenvalue weighted by molar-refractivity contribution is 5.99. The van der Waals surface area contributed by atoms with E-state index in [4.69, 9.17) is 0 Å². The molecule has 1 aliphatic heterocycles. The van der Waals surface area contributed by atoms with E-state index < -0.39 is 65.6 Å². The molecule has 0 spiro atoms. The number of phenols is 2. The summed E-state index contributed by atoms with van der Waals surface area (Å²) >= 11 is 0. The quantitative estimate of drug-likeness (QED) is 0.0431. The fourth-order valence-electron chi connectivity index (χ4n) is 8.31. The molecule has 16 nitrogen and oxygen atoms in total. The number of likely N-dealkylation sites (N-methyl/N-ethyl adjacent to an activating group) is 1. The number of aromatic hydroxyl groups is 2. The summed E-state index contributed by atoms with van der Waals surface area (Å²) in [5.41, 5.74) is 2.30. The maximum absolute atomic E-state index is 14.4. The Morgan fingerprint density at radius 2 is 1.40 bits per heavy atom. The molecular weight excluding hydrogens is 859 g/mol. The van der Waals surface area contributed by atoms with E-state index in [0.717, 1.165) is 28.5 Å². The Kier molecular flexibility index (Phi) is 18.7. The van der Waals surface area contributed by atoms with Crippen molar-refractivity contribution >= 4 is 52.2 Å². The normalized spacial score (nSPS) is 16.5. The number of amides is 5. The highest BCUT2D eigenvalue weighted by atomic mass is 16.4. The number of aryl methyl sites for hydroxylation is 1.